The van der Waals surface area contributed by atoms with Gasteiger partial charge in [0.1, 0.15) is 0 Å². The van der Waals surface area contributed by atoms with Crippen LogP contribution >= 0.6 is 0 Å². The Hall–Kier alpha value is -2.55. The van der Waals surface area contributed by atoms with Gasteiger partial charge in [-0.05, 0) is 13.0 Å². The van der Waals surface area contributed by atoms with E-state index in [-0.39, 0.29) is 19.0 Å². The smallest absolute Gasteiger partial charge is 0.334 e. The van der Waals surface area contributed by atoms with E-state index in [1.807, 2.05) is 6.92 Å². The second kappa shape index (κ2) is 5.09. The summed E-state index contributed by atoms with van der Waals surface area (Å²) in [5.74, 6) is -1.17. The number of morpholine rings is 1. The first-order chi connectivity index (χ1) is 10.1. The summed E-state index contributed by atoms with van der Waals surface area (Å²) >= 11 is 0. The highest BCUT2D eigenvalue weighted by Gasteiger charge is 2.31. The number of fused-ring (bicyclic) bond motifs is 1. The molecule has 0 radical (unpaired) electrons. The molecule has 1 aliphatic heterocycles. The number of aryl methyl sites for hydroxylation is 1. The summed E-state index contributed by atoms with van der Waals surface area (Å²) in [6.07, 6.45) is 0.572. The van der Waals surface area contributed by atoms with Gasteiger partial charge < -0.3 is 14.7 Å². The Bertz CT molecular complexity index is 713. The minimum Gasteiger partial charge on any atom is -0.479 e. The van der Waals surface area contributed by atoms with Crippen LogP contribution in [0.15, 0.2) is 12.3 Å². The summed E-state index contributed by atoms with van der Waals surface area (Å²) in [6.45, 7) is 2.29. The molecule has 1 unspecified atom stereocenters. The van der Waals surface area contributed by atoms with E-state index in [1.165, 1.54) is 9.42 Å². The van der Waals surface area contributed by atoms with Crippen molar-refractivity contribution in [3.63, 3.8) is 0 Å². The molecule has 1 N–H and O–H groups in total. The number of hydrogen-bond donors (Lipinski definition) is 1. The van der Waals surface area contributed by atoms with Crippen molar-refractivity contribution in [3.05, 3.63) is 23.8 Å². The fourth-order valence-corrected chi connectivity index (χ4v) is 2.12. The van der Waals surface area contributed by atoms with Crippen molar-refractivity contribution in [2.75, 3.05) is 19.7 Å². The molecular weight excluding hydrogens is 278 g/mol. The number of nitrogens with zero attached hydrogens (tertiary/aromatic N) is 5. The van der Waals surface area contributed by atoms with Crippen LogP contribution in [0.25, 0.3) is 5.78 Å². The molecule has 3 heterocycles. The highest BCUT2D eigenvalue weighted by atomic mass is 16.5. The molecule has 2 aromatic heterocycles. The number of carboxylic acids is 1. The first-order valence-electron chi connectivity index (χ1n) is 6.38. The Morgan fingerprint density at radius 2 is 2.29 bits per heavy atom. The normalized spacial score (nSPS) is 18.9. The highest BCUT2D eigenvalue weighted by molar-refractivity contribution is 5.91. The van der Waals surface area contributed by atoms with Gasteiger partial charge in [-0.1, -0.05) is 0 Å². The third-order valence-corrected chi connectivity index (χ3v) is 3.25. The standard InChI is InChI=1S/C12H13N5O4/c1-7-2-3-13-12-14-9(15-17(7)12)10(18)16-4-5-21-8(6-16)11(19)20/h2-3,8H,4-6H2,1H3,(H,19,20). The van der Waals surface area contributed by atoms with Crippen molar-refractivity contribution in [2.45, 2.75) is 13.0 Å². The van der Waals surface area contributed by atoms with E-state index in [0.717, 1.165) is 5.69 Å². The summed E-state index contributed by atoms with van der Waals surface area (Å²) in [5.41, 5.74) is 0.803. The van der Waals surface area contributed by atoms with Gasteiger partial charge >= 0.3 is 5.97 Å². The minimum atomic E-state index is -1.09. The molecule has 110 valence electrons. The van der Waals surface area contributed by atoms with Crippen LogP contribution in [0.4, 0.5) is 0 Å². The van der Waals surface area contributed by atoms with Crippen molar-refractivity contribution in [1.29, 1.82) is 0 Å². The molecule has 9 heteroatoms. The predicted molar refractivity (Wildman–Crippen MR) is 68.8 cm³/mol. The van der Waals surface area contributed by atoms with E-state index < -0.39 is 18.0 Å². The lowest BCUT2D eigenvalue weighted by Gasteiger charge is -2.29. The molecule has 3 rings (SSSR count). The average Bonchev–Trinajstić information content (AvgIpc) is 2.92. The molecular formula is C12H13N5O4. The fraction of sp³-hybridized carbons (Fsp3) is 0.417. The van der Waals surface area contributed by atoms with Gasteiger partial charge in [0, 0.05) is 18.4 Å². The summed E-state index contributed by atoms with van der Waals surface area (Å²) in [6, 6.07) is 1.76. The summed E-state index contributed by atoms with van der Waals surface area (Å²) in [5, 5.41) is 13.1. The Morgan fingerprint density at radius 3 is 3.00 bits per heavy atom. The first kappa shape index (κ1) is 13.4. The lowest BCUT2D eigenvalue weighted by Crippen LogP contribution is -2.48. The molecule has 1 atom stereocenters. The number of rotatable bonds is 2. The van der Waals surface area contributed by atoms with Crippen molar-refractivity contribution < 1.29 is 19.4 Å². The number of carbonyl (C=O) groups is 2. The zero-order chi connectivity index (χ0) is 15.0. The van der Waals surface area contributed by atoms with Crippen molar-refractivity contribution in [2.24, 2.45) is 0 Å². The molecule has 1 amide bonds. The maximum Gasteiger partial charge on any atom is 0.334 e. The van der Waals surface area contributed by atoms with E-state index in [4.69, 9.17) is 9.84 Å². The van der Waals surface area contributed by atoms with Crippen LogP contribution in [0, 0.1) is 6.92 Å². The second-order valence-corrected chi connectivity index (χ2v) is 4.68. The lowest BCUT2D eigenvalue weighted by molar-refractivity contribution is -0.154. The lowest BCUT2D eigenvalue weighted by atomic mass is 10.2. The molecule has 0 aliphatic carbocycles. The van der Waals surface area contributed by atoms with Crippen molar-refractivity contribution >= 4 is 17.7 Å². The Labute approximate surface area is 119 Å². The summed E-state index contributed by atoms with van der Waals surface area (Å²) < 4.78 is 6.56. The summed E-state index contributed by atoms with van der Waals surface area (Å²) in [4.78, 5) is 32.8. The van der Waals surface area contributed by atoms with Crippen LogP contribution in [0.5, 0.6) is 0 Å². The van der Waals surface area contributed by atoms with Gasteiger partial charge in [-0.3, -0.25) is 4.79 Å². The summed E-state index contributed by atoms with van der Waals surface area (Å²) in [7, 11) is 0. The zero-order valence-corrected chi connectivity index (χ0v) is 11.3. The molecule has 0 spiro atoms. The van der Waals surface area contributed by atoms with Gasteiger partial charge in [-0.15, -0.1) is 5.10 Å². The third-order valence-electron chi connectivity index (χ3n) is 3.25. The maximum absolute atomic E-state index is 12.4. The fourth-order valence-electron chi connectivity index (χ4n) is 2.12. The molecule has 21 heavy (non-hydrogen) atoms. The van der Waals surface area contributed by atoms with Crippen LogP contribution in [-0.4, -0.2) is 67.3 Å². The molecule has 0 aromatic carbocycles. The van der Waals surface area contributed by atoms with Gasteiger partial charge in [0.05, 0.1) is 13.2 Å². The second-order valence-electron chi connectivity index (χ2n) is 4.68. The highest BCUT2D eigenvalue weighted by Crippen LogP contribution is 2.10. The van der Waals surface area contributed by atoms with Crippen molar-refractivity contribution in [3.8, 4) is 0 Å². The molecule has 0 saturated carbocycles. The molecule has 0 bridgehead atoms. The minimum absolute atomic E-state index is 0.00263. The monoisotopic (exact) mass is 291 g/mol. The number of amides is 1. The quantitative estimate of drug-likeness (QED) is 0.783. The topological polar surface area (TPSA) is 110 Å². The Balaban J connectivity index is 1.86. The SMILES string of the molecule is Cc1ccnc2nc(C(=O)N3CCOC(C(=O)O)C3)nn12. The number of aromatic nitrogens is 4. The molecule has 2 aromatic rings. The van der Waals surface area contributed by atoms with Crippen LogP contribution in [0.3, 0.4) is 0 Å². The predicted octanol–water partition coefficient (Wildman–Crippen LogP) is -0.642. The largest absolute Gasteiger partial charge is 0.479 e. The van der Waals surface area contributed by atoms with Crippen molar-refractivity contribution in [1.82, 2.24) is 24.5 Å². The molecule has 1 fully saturated rings. The van der Waals surface area contributed by atoms with Gasteiger partial charge in [0.25, 0.3) is 11.7 Å². The van der Waals surface area contributed by atoms with E-state index in [0.29, 0.717) is 12.3 Å². The first-order valence-corrected chi connectivity index (χ1v) is 6.38. The number of aliphatic carboxylic acids is 1. The molecule has 1 saturated heterocycles. The van der Waals surface area contributed by atoms with E-state index in [1.54, 1.807) is 12.3 Å². The Morgan fingerprint density at radius 1 is 1.48 bits per heavy atom. The van der Waals surface area contributed by atoms with E-state index >= 15 is 0 Å². The third kappa shape index (κ3) is 2.42. The van der Waals surface area contributed by atoms with Gasteiger partial charge in [0.15, 0.2) is 6.10 Å². The average molecular weight is 291 g/mol. The van der Waals surface area contributed by atoms with Gasteiger partial charge in [0.2, 0.25) is 5.82 Å². The van der Waals surface area contributed by atoms with Crippen LogP contribution in [0.1, 0.15) is 16.3 Å². The van der Waals surface area contributed by atoms with Crippen LogP contribution in [0.2, 0.25) is 0 Å². The zero-order valence-electron chi connectivity index (χ0n) is 11.3. The van der Waals surface area contributed by atoms with Gasteiger partial charge in [-0.25, -0.2) is 14.3 Å². The maximum atomic E-state index is 12.4. The van der Waals surface area contributed by atoms with E-state index in [9.17, 15) is 9.59 Å². The number of carboxylic acid groups (broad SMARTS) is 1. The number of ether oxygens (including phenoxy) is 1. The number of hydrogen-bond acceptors (Lipinski definition) is 6. The van der Waals surface area contributed by atoms with Gasteiger partial charge in [-0.2, -0.15) is 4.98 Å². The van der Waals surface area contributed by atoms with Crippen LogP contribution < -0.4 is 0 Å². The Kier molecular flexibility index (Phi) is 3.26. The van der Waals surface area contributed by atoms with Crippen LogP contribution in [-0.2, 0) is 9.53 Å². The molecule has 1 aliphatic rings. The number of carbonyl (C=O) groups excluding carboxylic acids is 1. The van der Waals surface area contributed by atoms with E-state index in [2.05, 4.69) is 15.1 Å². The molecule has 9 nitrogen and oxygen atoms in total.